The van der Waals surface area contributed by atoms with Crippen molar-refractivity contribution >= 4 is 11.3 Å². The first-order valence-electron chi connectivity index (χ1n) is 45.5. The van der Waals surface area contributed by atoms with E-state index in [1.165, 1.54) is 44.0 Å². The molecule has 14 aromatic rings. The standard InChI is InChI=1S/C6H6.2C5H5N.C4H4N2.C4H5N.2C4H4O.14C4H10.2C3H4N2.2C3H3NO.C3H3NS.C2H3N3.C2H2N2O/c3*1-2-4-6-5-3-1;1-2-6-4-3-5-1;3*1-2-4-5-3-1;14*1-4(2)3;1-2-5-3-4-1;1-2-4-5-3-1;1-2-5-3-4-1;1-2-4-5-3-1;1-2-5-3-4-1;1-3-2-5-4-1;1-2-4-5-3-1/h1-6H;2*1-5H;1-4H;1-5H;2*1-4H;14*4H,1-3H3;2*1-3H,(H,4,5);3*1-3H;1-2H,(H,3,4,5);1-2H. The number of nitrogens with zero attached hydrogens (tertiary/aromatic N) is 13. The third kappa shape index (κ3) is 396. The first-order chi connectivity index (χ1) is 61.2. The van der Waals surface area contributed by atoms with Crippen LogP contribution in [0.5, 0.6) is 0 Å². The normalized spacial score (nSPS) is 8.43. The Morgan fingerprint density at radius 1 is 0.208 bits per heavy atom. The smallest absolute Gasteiger partial charge is 0.180 e. The molecular formula is C107H195N17O5S. The van der Waals surface area contributed by atoms with Crippen molar-refractivity contribution in [1.29, 1.82) is 0 Å². The van der Waals surface area contributed by atoms with Crippen LogP contribution in [-0.4, -0.2) is 85.7 Å². The Labute approximate surface area is 801 Å². The molecule has 0 spiro atoms. The van der Waals surface area contributed by atoms with Crippen LogP contribution in [0.1, 0.15) is 291 Å². The summed E-state index contributed by atoms with van der Waals surface area (Å²) in [5.41, 5.74) is 1.79. The van der Waals surface area contributed by atoms with E-state index in [1.54, 1.807) is 147 Å². The quantitative estimate of drug-likeness (QED) is 0.110. The number of oxazole rings is 1. The molecule has 1 aromatic carbocycles. The molecule has 0 saturated heterocycles. The third-order valence-electron chi connectivity index (χ3n) is 6.09. The maximum absolute atomic E-state index is 4.58. The molecule has 14 rings (SSSR count). The third-order valence-corrected chi connectivity index (χ3v) is 6.61. The maximum Gasteiger partial charge on any atom is 0.180 e. The van der Waals surface area contributed by atoms with Crippen molar-refractivity contribution in [2.24, 2.45) is 82.9 Å². The van der Waals surface area contributed by atoms with Crippen LogP contribution in [0, 0.1) is 82.9 Å². The van der Waals surface area contributed by atoms with Gasteiger partial charge in [0.2, 0.25) is 0 Å². The van der Waals surface area contributed by atoms with Crippen molar-refractivity contribution < 1.29 is 22.4 Å². The van der Waals surface area contributed by atoms with Crippen molar-refractivity contribution in [1.82, 2.24) is 85.7 Å². The van der Waals surface area contributed by atoms with Crippen LogP contribution in [0.25, 0.3) is 0 Å². The first kappa shape index (κ1) is 150. The van der Waals surface area contributed by atoms with E-state index in [0.717, 1.165) is 82.9 Å². The van der Waals surface area contributed by atoms with E-state index in [0.29, 0.717) is 0 Å². The number of furan rings is 2. The van der Waals surface area contributed by atoms with E-state index < -0.39 is 0 Å². The van der Waals surface area contributed by atoms with Crippen LogP contribution < -0.4 is 0 Å². The summed E-state index contributed by atoms with van der Waals surface area (Å²) in [6.07, 6.45) is 47.6. The van der Waals surface area contributed by atoms with Gasteiger partial charge < -0.3 is 27.7 Å². The zero-order valence-corrected chi connectivity index (χ0v) is 90.6. The van der Waals surface area contributed by atoms with Gasteiger partial charge in [-0.3, -0.25) is 35.1 Å². The average Bonchev–Trinajstić information content (AvgIpc) is 1.99. The molecule has 744 valence electrons. The van der Waals surface area contributed by atoms with Gasteiger partial charge in [0, 0.05) is 98.3 Å². The highest BCUT2D eigenvalue weighted by Gasteiger charge is 1.76. The van der Waals surface area contributed by atoms with E-state index in [-0.39, 0.29) is 0 Å². The lowest BCUT2D eigenvalue weighted by Gasteiger charge is -1.79. The van der Waals surface area contributed by atoms with Gasteiger partial charge in [-0.05, 0) is 156 Å². The zero-order valence-electron chi connectivity index (χ0n) is 89.8. The van der Waals surface area contributed by atoms with Crippen LogP contribution in [-0.2, 0) is 0 Å². The highest BCUT2D eigenvalue weighted by atomic mass is 32.1. The summed E-state index contributed by atoms with van der Waals surface area (Å²) < 4.78 is 22.1. The number of benzene rings is 1. The second-order valence-electron chi connectivity index (χ2n) is 35.6. The first-order valence-corrected chi connectivity index (χ1v) is 46.5. The van der Waals surface area contributed by atoms with Crippen molar-refractivity contribution in [3.8, 4) is 0 Å². The van der Waals surface area contributed by atoms with Crippen LogP contribution in [0.15, 0.2) is 335 Å². The number of nitrogens with one attached hydrogen (secondary N) is 4. The zero-order chi connectivity index (χ0) is 102. The molecule has 4 N–H and O–H groups in total. The van der Waals surface area contributed by atoms with Gasteiger partial charge in [0.15, 0.2) is 6.39 Å². The van der Waals surface area contributed by atoms with Crippen molar-refractivity contribution in [2.45, 2.75) is 291 Å². The Morgan fingerprint density at radius 2 is 0.546 bits per heavy atom. The summed E-state index contributed by atoms with van der Waals surface area (Å²) in [6, 6.07) is 38.2. The number of hydrogen-bond acceptors (Lipinski definition) is 19. The summed E-state index contributed by atoms with van der Waals surface area (Å²) in [4.78, 5) is 35.1. The number of imidazole rings is 1. The van der Waals surface area contributed by atoms with Gasteiger partial charge in [-0.25, -0.2) is 19.6 Å². The van der Waals surface area contributed by atoms with E-state index in [1.807, 2.05) is 133 Å². The van der Waals surface area contributed by atoms with Gasteiger partial charge in [0.25, 0.3) is 0 Å². The minimum atomic E-state index is 0.833. The van der Waals surface area contributed by atoms with Gasteiger partial charge in [-0.15, -0.1) is 11.3 Å². The molecule has 22 nitrogen and oxygen atoms in total. The largest absolute Gasteiger partial charge is 0.473 e. The molecule has 0 amide bonds. The van der Waals surface area contributed by atoms with Gasteiger partial charge in [0.1, 0.15) is 25.2 Å². The highest BCUT2D eigenvalue weighted by Crippen LogP contribution is 1.90. The summed E-state index contributed by atoms with van der Waals surface area (Å²) in [6.45, 7) is 91.0. The molecule has 13 aromatic heterocycles. The molecule has 23 heteroatoms. The lowest BCUT2D eigenvalue weighted by Crippen LogP contribution is -1.66. The molecular weight excluding hydrogens is 1640 g/mol. The number of aromatic amines is 4. The maximum atomic E-state index is 4.58. The Bertz CT molecular complexity index is 2420. The molecule has 0 saturated carbocycles. The van der Waals surface area contributed by atoms with Gasteiger partial charge >= 0.3 is 0 Å². The fraction of sp³-hybridized carbons (Fsp3) is 0.523. The molecule has 0 fully saturated rings. The van der Waals surface area contributed by atoms with Crippen molar-refractivity contribution in [2.75, 3.05) is 0 Å². The molecule has 0 radical (unpaired) electrons. The summed E-state index contributed by atoms with van der Waals surface area (Å²) >= 11 is 1.60. The molecule has 0 bridgehead atoms. The van der Waals surface area contributed by atoms with E-state index >= 15 is 0 Å². The number of pyridine rings is 2. The van der Waals surface area contributed by atoms with Crippen LogP contribution in [0.4, 0.5) is 0 Å². The minimum Gasteiger partial charge on any atom is -0.473 e. The average molecular weight is 1830 g/mol. The Balaban J connectivity index is -0.0000000896. The predicted molar refractivity (Wildman–Crippen MR) is 565 cm³/mol. The van der Waals surface area contributed by atoms with Crippen LogP contribution in [0.3, 0.4) is 0 Å². The second-order valence-corrected chi connectivity index (χ2v) is 36.4. The lowest BCUT2D eigenvalue weighted by molar-refractivity contribution is 0.307. The molecule has 0 aliphatic heterocycles. The molecule has 0 unspecified atom stereocenters. The van der Waals surface area contributed by atoms with E-state index in [2.05, 4.69) is 399 Å². The fourth-order valence-corrected chi connectivity index (χ4v) is 3.61. The van der Waals surface area contributed by atoms with Crippen molar-refractivity contribution in [3.05, 3.63) is 313 Å². The molecule has 130 heavy (non-hydrogen) atoms. The summed E-state index contributed by atoms with van der Waals surface area (Å²) in [5.74, 6) is 11.7. The van der Waals surface area contributed by atoms with Gasteiger partial charge in [-0.1, -0.05) is 355 Å². The van der Waals surface area contributed by atoms with Crippen molar-refractivity contribution in [3.63, 3.8) is 0 Å². The van der Waals surface area contributed by atoms with Gasteiger partial charge in [0.05, 0.1) is 61.7 Å². The Kier molecular flexibility index (Phi) is 170. The fourth-order valence-electron chi connectivity index (χ4n) is 3.25. The predicted octanol–water partition coefficient (Wildman–Crippen LogP) is 34.4. The van der Waals surface area contributed by atoms with E-state index in [9.17, 15) is 0 Å². The summed E-state index contributed by atoms with van der Waals surface area (Å²) in [7, 11) is 0. The highest BCUT2D eigenvalue weighted by molar-refractivity contribution is 7.07. The topological polar surface area (TPSA) is 296 Å². The number of H-pyrrole nitrogens is 4. The molecule has 0 atom stereocenters. The SMILES string of the molecule is CC(C)C.CC(C)C.CC(C)C.CC(C)C.CC(C)C.CC(C)C.CC(C)C.CC(C)C.CC(C)C.CC(C)C.CC(C)C.CC(C)C.CC(C)C.CC(C)C.c1c[nH]cn1.c1cc[nH]c1.c1ccccc1.c1ccncc1.c1ccncc1.c1ccoc1.c1ccoc1.c1cn[nH]c1.c1cnccn1.c1cnoc1.c1cnon1.c1cocn1.c1cscn1.c1nc[nH]n1. The molecule has 13 heterocycles. The number of hydrogen-bond donors (Lipinski definition) is 4. The molecule has 0 aliphatic carbocycles. The Morgan fingerprint density at radius 3 is 0.638 bits per heavy atom. The van der Waals surface area contributed by atoms with Gasteiger partial charge in [-0.2, -0.15) is 10.2 Å². The van der Waals surface area contributed by atoms with E-state index in [4.69, 9.17) is 0 Å². The number of thiazole rings is 1. The number of aromatic nitrogens is 17. The Hall–Kier alpha value is -10.8. The molecule has 0 aliphatic rings. The van der Waals surface area contributed by atoms with Crippen LogP contribution >= 0.6 is 11.3 Å². The summed E-state index contributed by atoms with van der Waals surface area (Å²) in [5, 5.41) is 23.9. The van der Waals surface area contributed by atoms with Crippen LogP contribution in [0.2, 0.25) is 0 Å². The lowest BCUT2D eigenvalue weighted by atomic mass is 10.3. The second kappa shape index (κ2) is 147. The number of rotatable bonds is 0. The minimum absolute atomic E-state index is 0.833. The monoisotopic (exact) mass is 1830 g/mol.